The summed E-state index contributed by atoms with van der Waals surface area (Å²) in [6.45, 7) is 5.47. The Morgan fingerprint density at radius 2 is 2.55 bits per heavy atom. The molecule has 0 aromatic carbocycles. The van der Waals surface area contributed by atoms with Gasteiger partial charge in [-0.25, -0.2) is 4.98 Å². The van der Waals surface area contributed by atoms with Crippen LogP contribution in [0, 0.1) is 5.92 Å². The second kappa shape index (κ2) is 4.34. The van der Waals surface area contributed by atoms with Crippen molar-refractivity contribution in [2.75, 3.05) is 11.9 Å². The first-order chi connectivity index (χ1) is 5.33. The van der Waals surface area contributed by atoms with Crippen molar-refractivity contribution in [1.29, 1.82) is 0 Å². The molecule has 1 N–H and O–H groups in total. The van der Waals surface area contributed by atoms with Crippen molar-refractivity contribution in [3.63, 3.8) is 0 Å². The molecule has 62 valence electrons. The molecule has 0 amide bonds. The number of nitrogens with one attached hydrogen (secondary N) is 1. The van der Waals surface area contributed by atoms with E-state index in [0.717, 1.165) is 17.6 Å². The van der Waals surface area contributed by atoms with E-state index in [1.54, 1.807) is 11.3 Å². The highest BCUT2D eigenvalue weighted by Crippen LogP contribution is 2.11. The number of hydrogen-bond acceptors (Lipinski definition) is 3. The summed E-state index contributed by atoms with van der Waals surface area (Å²) < 4.78 is 0. The predicted molar refractivity (Wildman–Crippen MR) is 50.1 cm³/mol. The van der Waals surface area contributed by atoms with Gasteiger partial charge >= 0.3 is 0 Å². The van der Waals surface area contributed by atoms with E-state index in [4.69, 9.17) is 0 Å². The van der Waals surface area contributed by atoms with Crippen LogP contribution in [0.3, 0.4) is 0 Å². The second-order valence-corrected chi connectivity index (χ2v) is 3.63. The van der Waals surface area contributed by atoms with Gasteiger partial charge in [-0.05, 0) is 5.92 Å². The fourth-order valence-corrected chi connectivity index (χ4v) is 1.26. The number of anilines is 1. The average molecular weight is 170 g/mol. The maximum absolute atomic E-state index is 4.13. The third-order valence-corrected chi connectivity index (χ3v) is 2.46. The minimum atomic E-state index is 0.735. The summed E-state index contributed by atoms with van der Waals surface area (Å²) in [5, 5.41) is 6.30. The van der Waals surface area contributed by atoms with E-state index in [9.17, 15) is 0 Å². The van der Waals surface area contributed by atoms with E-state index in [0.29, 0.717) is 0 Å². The molecule has 1 atom stereocenters. The Kier molecular flexibility index (Phi) is 3.36. The van der Waals surface area contributed by atoms with Crippen LogP contribution in [-0.4, -0.2) is 11.5 Å². The maximum atomic E-state index is 4.13. The highest BCUT2D eigenvalue weighted by atomic mass is 32.1. The first-order valence-corrected chi connectivity index (χ1v) is 4.84. The minimum absolute atomic E-state index is 0.735. The third-order valence-electron chi connectivity index (χ3n) is 1.73. The van der Waals surface area contributed by atoms with Gasteiger partial charge in [-0.1, -0.05) is 20.3 Å². The van der Waals surface area contributed by atoms with Crippen LogP contribution in [0.5, 0.6) is 0 Å². The molecule has 0 bridgehead atoms. The van der Waals surface area contributed by atoms with E-state index in [2.05, 4.69) is 24.1 Å². The first-order valence-electron chi connectivity index (χ1n) is 3.96. The van der Waals surface area contributed by atoms with Gasteiger partial charge in [-0.2, -0.15) is 0 Å². The summed E-state index contributed by atoms with van der Waals surface area (Å²) in [7, 11) is 0. The zero-order chi connectivity index (χ0) is 8.10. The molecular formula is C8H14N2S. The third kappa shape index (κ3) is 2.89. The van der Waals surface area contributed by atoms with Crippen molar-refractivity contribution in [3.05, 3.63) is 11.6 Å². The Labute approximate surface area is 71.7 Å². The van der Waals surface area contributed by atoms with Crippen molar-refractivity contribution in [1.82, 2.24) is 4.98 Å². The predicted octanol–water partition coefficient (Wildman–Crippen LogP) is 2.60. The van der Waals surface area contributed by atoms with E-state index in [1.165, 1.54) is 6.42 Å². The van der Waals surface area contributed by atoms with Crippen molar-refractivity contribution in [2.45, 2.75) is 20.3 Å². The Morgan fingerprint density at radius 1 is 1.73 bits per heavy atom. The van der Waals surface area contributed by atoms with Gasteiger partial charge in [-0.3, -0.25) is 0 Å². The molecule has 0 saturated carbocycles. The maximum Gasteiger partial charge on any atom is 0.182 e. The smallest absolute Gasteiger partial charge is 0.182 e. The highest BCUT2D eigenvalue weighted by Gasteiger charge is 1.98. The summed E-state index contributed by atoms with van der Waals surface area (Å²) in [5.41, 5.74) is 0. The Morgan fingerprint density at radius 3 is 3.09 bits per heavy atom. The number of rotatable bonds is 4. The largest absolute Gasteiger partial charge is 0.361 e. The Bertz CT molecular complexity index is 184. The lowest BCUT2D eigenvalue weighted by molar-refractivity contribution is 0.593. The van der Waals surface area contributed by atoms with Crippen LogP contribution in [0.2, 0.25) is 0 Å². The van der Waals surface area contributed by atoms with Gasteiger partial charge in [0.25, 0.3) is 0 Å². The van der Waals surface area contributed by atoms with Gasteiger partial charge in [0.15, 0.2) is 5.13 Å². The van der Waals surface area contributed by atoms with E-state index in [1.807, 2.05) is 11.6 Å². The summed E-state index contributed by atoms with van der Waals surface area (Å²) in [5.74, 6) is 0.735. The summed E-state index contributed by atoms with van der Waals surface area (Å²) in [4.78, 5) is 4.13. The lowest BCUT2D eigenvalue weighted by Gasteiger charge is -2.07. The Balaban J connectivity index is 2.23. The standard InChI is InChI=1S/C8H14N2S/c1-3-7(2)6-10-8-9-4-5-11-8/h4-5,7H,3,6H2,1-2H3,(H,9,10). The molecule has 3 heteroatoms. The number of hydrogen-bond donors (Lipinski definition) is 1. The fraction of sp³-hybridized carbons (Fsp3) is 0.625. The monoisotopic (exact) mass is 170 g/mol. The van der Waals surface area contributed by atoms with Crippen molar-refractivity contribution in [3.8, 4) is 0 Å². The van der Waals surface area contributed by atoms with Crippen LogP contribution in [-0.2, 0) is 0 Å². The molecule has 0 aliphatic heterocycles. The zero-order valence-corrected chi connectivity index (χ0v) is 7.82. The van der Waals surface area contributed by atoms with Crippen LogP contribution < -0.4 is 5.32 Å². The highest BCUT2D eigenvalue weighted by molar-refractivity contribution is 7.13. The van der Waals surface area contributed by atoms with Gasteiger partial charge in [-0.15, -0.1) is 11.3 Å². The minimum Gasteiger partial charge on any atom is -0.361 e. The lowest BCUT2D eigenvalue weighted by atomic mass is 10.1. The van der Waals surface area contributed by atoms with Crippen molar-refractivity contribution < 1.29 is 0 Å². The molecule has 0 radical (unpaired) electrons. The van der Waals surface area contributed by atoms with E-state index in [-0.39, 0.29) is 0 Å². The molecule has 1 unspecified atom stereocenters. The van der Waals surface area contributed by atoms with Gasteiger partial charge in [0.2, 0.25) is 0 Å². The summed E-state index contributed by atoms with van der Waals surface area (Å²) in [6, 6.07) is 0. The molecule has 0 fully saturated rings. The van der Waals surface area contributed by atoms with Crippen LogP contribution in [0.25, 0.3) is 0 Å². The molecule has 1 rings (SSSR count). The molecule has 0 saturated heterocycles. The average Bonchev–Trinajstić information content (AvgIpc) is 2.52. The molecule has 11 heavy (non-hydrogen) atoms. The normalized spacial score (nSPS) is 12.9. The van der Waals surface area contributed by atoms with Crippen molar-refractivity contribution in [2.24, 2.45) is 5.92 Å². The van der Waals surface area contributed by atoms with Crippen LogP contribution >= 0.6 is 11.3 Å². The molecule has 2 nitrogen and oxygen atoms in total. The topological polar surface area (TPSA) is 24.9 Å². The van der Waals surface area contributed by atoms with E-state index < -0.39 is 0 Å². The van der Waals surface area contributed by atoms with Crippen LogP contribution in [0.15, 0.2) is 11.6 Å². The molecule has 1 heterocycles. The lowest BCUT2D eigenvalue weighted by Crippen LogP contribution is -2.09. The zero-order valence-electron chi connectivity index (χ0n) is 7.00. The fourth-order valence-electron chi connectivity index (χ4n) is 0.717. The molecule has 0 aliphatic rings. The molecule has 0 spiro atoms. The number of thiazole rings is 1. The molecule has 1 aromatic rings. The number of nitrogens with zero attached hydrogens (tertiary/aromatic N) is 1. The second-order valence-electron chi connectivity index (χ2n) is 2.73. The molecule has 1 aromatic heterocycles. The van der Waals surface area contributed by atoms with Gasteiger partial charge in [0.1, 0.15) is 0 Å². The van der Waals surface area contributed by atoms with E-state index >= 15 is 0 Å². The van der Waals surface area contributed by atoms with Gasteiger partial charge in [0, 0.05) is 18.1 Å². The Hall–Kier alpha value is -0.570. The van der Waals surface area contributed by atoms with Gasteiger partial charge in [0.05, 0.1) is 0 Å². The summed E-state index contributed by atoms with van der Waals surface area (Å²) in [6.07, 6.45) is 3.04. The first kappa shape index (κ1) is 8.53. The quantitative estimate of drug-likeness (QED) is 0.751. The number of aromatic nitrogens is 1. The van der Waals surface area contributed by atoms with Gasteiger partial charge < -0.3 is 5.32 Å². The van der Waals surface area contributed by atoms with Crippen molar-refractivity contribution >= 4 is 16.5 Å². The molecular weight excluding hydrogens is 156 g/mol. The van der Waals surface area contributed by atoms with Crippen LogP contribution in [0.4, 0.5) is 5.13 Å². The SMILES string of the molecule is CCC(C)CNc1nccs1. The summed E-state index contributed by atoms with van der Waals surface area (Å²) >= 11 is 1.65. The molecule has 0 aliphatic carbocycles. The van der Waals surface area contributed by atoms with Crippen LogP contribution in [0.1, 0.15) is 20.3 Å².